The number of hydrogen-bond donors (Lipinski definition) is 1. The minimum atomic E-state index is 0.845. The summed E-state index contributed by atoms with van der Waals surface area (Å²) in [6, 6.07) is 19.5. The maximum Gasteiger partial charge on any atom is 0.0534 e. The van der Waals surface area contributed by atoms with Crippen molar-refractivity contribution in [1.82, 2.24) is 20.0 Å². The molecule has 0 saturated carbocycles. The number of nitrogens with zero attached hydrogens (tertiary/aromatic N) is 4. The van der Waals surface area contributed by atoms with E-state index < -0.39 is 0 Å². The first kappa shape index (κ1) is 18.7. The first-order valence-electron chi connectivity index (χ1n) is 10.1. The largest absolute Gasteiger partial charge is 0.369 e. The van der Waals surface area contributed by atoms with Crippen LogP contribution >= 0.6 is 0 Å². The Morgan fingerprint density at radius 2 is 1.57 bits per heavy atom. The van der Waals surface area contributed by atoms with E-state index in [4.69, 9.17) is 0 Å². The van der Waals surface area contributed by atoms with Gasteiger partial charge < -0.3 is 10.2 Å². The van der Waals surface area contributed by atoms with E-state index in [1.54, 1.807) is 0 Å². The van der Waals surface area contributed by atoms with Crippen LogP contribution in [0.3, 0.4) is 0 Å². The van der Waals surface area contributed by atoms with Gasteiger partial charge in [-0.15, -0.1) is 0 Å². The van der Waals surface area contributed by atoms with Gasteiger partial charge in [-0.25, -0.2) is 0 Å². The van der Waals surface area contributed by atoms with Crippen LogP contribution in [0.15, 0.2) is 67.0 Å². The van der Waals surface area contributed by atoms with E-state index in [0.29, 0.717) is 0 Å². The van der Waals surface area contributed by atoms with Crippen LogP contribution in [0.4, 0.5) is 5.69 Å². The van der Waals surface area contributed by atoms with Crippen molar-refractivity contribution >= 4 is 5.69 Å². The molecule has 0 amide bonds. The van der Waals surface area contributed by atoms with Crippen molar-refractivity contribution in [1.29, 1.82) is 0 Å². The molecule has 5 nitrogen and oxygen atoms in total. The highest BCUT2D eigenvalue weighted by molar-refractivity contribution is 5.46. The maximum atomic E-state index is 4.23. The Bertz CT molecular complexity index is 865. The lowest BCUT2D eigenvalue weighted by molar-refractivity contribution is 0.249. The van der Waals surface area contributed by atoms with E-state index in [2.05, 4.69) is 81.0 Å². The van der Waals surface area contributed by atoms with Crippen LogP contribution in [0, 0.1) is 0 Å². The number of para-hydroxylation sites is 1. The zero-order valence-electron chi connectivity index (χ0n) is 16.6. The van der Waals surface area contributed by atoms with Crippen molar-refractivity contribution in [2.45, 2.75) is 19.6 Å². The Labute approximate surface area is 167 Å². The number of hydrogen-bond acceptors (Lipinski definition) is 4. The van der Waals surface area contributed by atoms with Crippen LogP contribution in [0.2, 0.25) is 0 Å². The Hall–Kier alpha value is -2.63. The van der Waals surface area contributed by atoms with Crippen molar-refractivity contribution in [3.8, 4) is 0 Å². The Morgan fingerprint density at radius 1 is 0.857 bits per heavy atom. The summed E-state index contributed by atoms with van der Waals surface area (Å²) in [6.07, 6.45) is 3.98. The van der Waals surface area contributed by atoms with Crippen molar-refractivity contribution < 1.29 is 0 Å². The van der Waals surface area contributed by atoms with Crippen LogP contribution in [0.25, 0.3) is 0 Å². The maximum absolute atomic E-state index is 4.23. The van der Waals surface area contributed by atoms with Gasteiger partial charge >= 0.3 is 0 Å². The quantitative estimate of drug-likeness (QED) is 0.689. The molecule has 0 radical (unpaired) electrons. The summed E-state index contributed by atoms with van der Waals surface area (Å²) >= 11 is 0. The second-order valence-corrected chi connectivity index (χ2v) is 7.49. The molecule has 5 heteroatoms. The van der Waals surface area contributed by atoms with E-state index in [1.165, 1.54) is 22.4 Å². The van der Waals surface area contributed by atoms with Crippen LogP contribution in [0.1, 0.15) is 16.7 Å². The Morgan fingerprint density at radius 3 is 2.29 bits per heavy atom. The lowest BCUT2D eigenvalue weighted by Gasteiger charge is -2.36. The molecule has 1 aliphatic rings. The minimum absolute atomic E-state index is 0.845. The first-order chi connectivity index (χ1) is 13.8. The molecule has 0 atom stereocenters. The monoisotopic (exact) mass is 375 g/mol. The van der Waals surface area contributed by atoms with Gasteiger partial charge in [-0.3, -0.25) is 9.58 Å². The van der Waals surface area contributed by atoms with Crippen LogP contribution in [-0.4, -0.2) is 40.9 Å². The zero-order chi connectivity index (χ0) is 19.2. The number of nitrogens with one attached hydrogen (secondary N) is 1. The third-order valence-corrected chi connectivity index (χ3v) is 5.41. The summed E-state index contributed by atoms with van der Waals surface area (Å²) in [5.74, 6) is 0. The Balaban J connectivity index is 1.30. The summed E-state index contributed by atoms with van der Waals surface area (Å²) < 4.78 is 1.85. The number of benzene rings is 2. The fourth-order valence-electron chi connectivity index (χ4n) is 3.83. The number of anilines is 1. The lowest BCUT2D eigenvalue weighted by Crippen LogP contribution is -2.46. The van der Waals surface area contributed by atoms with E-state index in [1.807, 2.05) is 17.9 Å². The van der Waals surface area contributed by atoms with Gasteiger partial charge in [0.1, 0.15) is 0 Å². The minimum Gasteiger partial charge on any atom is -0.369 e. The molecule has 28 heavy (non-hydrogen) atoms. The van der Waals surface area contributed by atoms with E-state index in [9.17, 15) is 0 Å². The molecule has 0 unspecified atom stereocenters. The highest BCUT2D eigenvalue weighted by Crippen LogP contribution is 2.18. The fraction of sp³-hybridized carbons (Fsp3) is 0.348. The average molecular weight is 376 g/mol. The molecule has 1 aromatic heterocycles. The molecule has 1 aliphatic heterocycles. The molecule has 0 bridgehead atoms. The van der Waals surface area contributed by atoms with Crippen molar-refractivity contribution in [2.24, 2.45) is 7.05 Å². The molecule has 2 heterocycles. The topological polar surface area (TPSA) is 36.3 Å². The molecular formula is C23H29N5. The molecule has 1 N–H and O–H groups in total. The summed E-state index contributed by atoms with van der Waals surface area (Å²) in [5, 5.41) is 7.79. The van der Waals surface area contributed by atoms with Gasteiger partial charge in [0.2, 0.25) is 0 Å². The normalized spacial score (nSPS) is 15.1. The first-order valence-corrected chi connectivity index (χ1v) is 10.1. The smallest absolute Gasteiger partial charge is 0.0534 e. The van der Waals surface area contributed by atoms with Crippen LogP contribution in [0.5, 0.6) is 0 Å². The molecule has 4 rings (SSSR count). The van der Waals surface area contributed by atoms with Crippen LogP contribution < -0.4 is 10.2 Å². The van der Waals surface area contributed by atoms with E-state index in [-0.39, 0.29) is 0 Å². The van der Waals surface area contributed by atoms with Gasteiger partial charge in [0.25, 0.3) is 0 Å². The lowest BCUT2D eigenvalue weighted by atomic mass is 10.1. The summed E-state index contributed by atoms with van der Waals surface area (Å²) in [7, 11) is 1.95. The summed E-state index contributed by atoms with van der Waals surface area (Å²) in [4.78, 5) is 5.05. The van der Waals surface area contributed by atoms with E-state index >= 15 is 0 Å². The van der Waals surface area contributed by atoms with Gasteiger partial charge in [-0.2, -0.15) is 5.10 Å². The predicted octanol–water partition coefficient (Wildman–Crippen LogP) is 3.03. The SMILES string of the molecule is Cn1cc(CNCc2ccccc2CN2CCN(c3ccccc3)CC2)cn1. The van der Waals surface area contributed by atoms with Crippen LogP contribution in [-0.2, 0) is 26.7 Å². The van der Waals surface area contributed by atoms with Gasteiger partial charge in [-0.05, 0) is 23.3 Å². The van der Waals surface area contributed by atoms with Gasteiger partial charge in [0, 0.05) is 70.3 Å². The van der Waals surface area contributed by atoms with E-state index in [0.717, 1.165) is 45.8 Å². The molecule has 0 aliphatic carbocycles. The number of piperazine rings is 1. The Kier molecular flexibility index (Phi) is 6.04. The fourth-order valence-corrected chi connectivity index (χ4v) is 3.83. The van der Waals surface area contributed by atoms with Gasteiger partial charge in [-0.1, -0.05) is 42.5 Å². The zero-order valence-corrected chi connectivity index (χ0v) is 16.6. The van der Waals surface area contributed by atoms with Crippen molar-refractivity contribution in [3.05, 3.63) is 83.7 Å². The molecule has 146 valence electrons. The van der Waals surface area contributed by atoms with Gasteiger partial charge in [0.15, 0.2) is 0 Å². The van der Waals surface area contributed by atoms with Crippen molar-refractivity contribution in [2.75, 3.05) is 31.1 Å². The molecule has 3 aromatic rings. The third-order valence-electron chi connectivity index (χ3n) is 5.41. The molecule has 2 aromatic carbocycles. The second-order valence-electron chi connectivity index (χ2n) is 7.49. The molecule has 1 saturated heterocycles. The average Bonchev–Trinajstić information content (AvgIpc) is 3.15. The number of rotatable bonds is 7. The van der Waals surface area contributed by atoms with Gasteiger partial charge in [0.05, 0.1) is 6.20 Å². The molecule has 0 spiro atoms. The predicted molar refractivity (Wildman–Crippen MR) is 114 cm³/mol. The highest BCUT2D eigenvalue weighted by atomic mass is 15.3. The summed E-state index contributed by atoms with van der Waals surface area (Å²) in [6.45, 7) is 7.13. The van der Waals surface area contributed by atoms with Crippen molar-refractivity contribution in [3.63, 3.8) is 0 Å². The number of aryl methyl sites for hydroxylation is 1. The molecular weight excluding hydrogens is 346 g/mol. The molecule has 1 fully saturated rings. The second kappa shape index (κ2) is 9.04. The third kappa shape index (κ3) is 4.80. The standard InChI is InChI=1S/C23H29N5/c1-26-18-20(16-25-26)15-24-17-21-7-5-6-8-22(21)19-27-11-13-28(14-12-27)23-9-3-2-4-10-23/h2-10,16,18,24H,11-15,17,19H2,1H3. The highest BCUT2D eigenvalue weighted by Gasteiger charge is 2.18. The summed E-state index contributed by atoms with van der Waals surface area (Å²) in [5.41, 5.74) is 5.37. The number of aromatic nitrogens is 2.